The minimum Gasteiger partial charge on any atom is -0.506 e. The first-order valence-corrected chi connectivity index (χ1v) is 8.82. The molecule has 1 heterocycles. The summed E-state index contributed by atoms with van der Waals surface area (Å²) in [5.74, 6) is 0.112. The number of aliphatic imine (C=N–C) groups is 1. The van der Waals surface area contributed by atoms with Crippen LogP contribution >= 0.6 is 43.6 Å². The van der Waals surface area contributed by atoms with Crippen LogP contribution in [-0.2, 0) is 4.79 Å². The molecule has 1 aliphatic rings. The summed E-state index contributed by atoms with van der Waals surface area (Å²) in [5, 5.41) is 10.5. The van der Waals surface area contributed by atoms with E-state index in [2.05, 4.69) is 36.9 Å². The highest BCUT2D eigenvalue weighted by Gasteiger charge is 2.31. The Morgan fingerprint density at radius 1 is 1.33 bits per heavy atom. The first-order valence-electron chi connectivity index (χ1n) is 6.41. The van der Waals surface area contributed by atoms with Gasteiger partial charge in [0.15, 0.2) is 5.17 Å². The summed E-state index contributed by atoms with van der Waals surface area (Å²) >= 11 is 7.96. The van der Waals surface area contributed by atoms with Crippen molar-refractivity contribution in [2.24, 2.45) is 4.99 Å². The number of phenols is 1. The number of thioether (sulfide) groups is 1. The average Bonchev–Trinajstić information content (AvgIpc) is 2.72. The number of carbonyl (C=O) groups is 1. The van der Waals surface area contributed by atoms with Gasteiger partial charge in [0.1, 0.15) is 5.75 Å². The molecular weight excluding hydrogens is 420 g/mol. The Hall–Kier alpha value is -0.790. The van der Waals surface area contributed by atoms with Gasteiger partial charge in [0.05, 0.1) is 13.9 Å². The highest BCUT2D eigenvalue weighted by molar-refractivity contribution is 9.11. The molecule has 0 atom stereocenters. The van der Waals surface area contributed by atoms with Gasteiger partial charge < -0.3 is 5.11 Å². The number of amides is 1. The van der Waals surface area contributed by atoms with Crippen molar-refractivity contribution in [2.75, 3.05) is 13.1 Å². The number of benzene rings is 1. The first kappa shape index (κ1) is 16.6. The summed E-state index contributed by atoms with van der Waals surface area (Å²) in [5.41, 5.74) is 0.830. The largest absolute Gasteiger partial charge is 0.506 e. The maximum Gasteiger partial charge on any atom is 0.266 e. The number of amidine groups is 1. The van der Waals surface area contributed by atoms with E-state index in [4.69, 9.17) is 0 Å². The molecule has 21 heavy (non-hydrogen) atoms. The quantitative estimate of drug-likeness (QED) is 0.725. The van der Waals surface area contributed by atoms with Crippen LogP contribution in [0.3, 0.4) is 0 Å². The van der Waals surface area contributed by atoms with Gasteiger partial charge in [-0.25, -0.2) is 0 Å². The van der Waals surface area contributed by atoms with Crippen LogP contribution in [0.1, 0.15) is 19.4 Å². The van der Waals surface area contributed by atoms with E-state index >= 15 is 0 Å². The van der Waals surface area contributed by atoms with Crippen molar-refractivity contribution in [2.45, 2.75) is 13.8 Å². The van der Waals surface area contributed by atoms with Crippen LogP contribution in [0.25, 0.3) is 6.08 Å². The molecule has 0 unspecified atom stereocenters. The summed E-state index contributed by atoms with van der Waals surface area (Å²) in [6.07, 6.45) is 1.81. The average molecular weight is 434 g/mol. The molecule has 0 radical (unpaired) electrons. The van der Waals surface area contributed by atoms with Gasteiger partial charge in [-0.2, -0.15) is 0 Å². The molecule has 1 aromatic rings. The third-order valence-electron chi connectivity index (χ3n) is 2.83. The van der Waals surface area contributed by atoms with E-state index in [1.165, 1.54) is 11.8 Å². The van der Waals surface area contributed by atoms with Crippen LogP contribution < -0.4 is 0 Å². The van der Waals surface area contributed by atoms with Crippen molar-refractivity contribution in [1.29, 1.82) is 0 Å². The van der Waals surface area contributed by atoms with E-state index in [1.54, 1.807) is 17.0 Å². The fourth-order valence-electron chi connectivity index (χ4n) is 1.86. The molecule has 1 aliphatic heterocycles. The molecule has 1 N–H and O–H groups in total. The molecule has 1 saturated heterocycles. The van der Waals surface area contributed by atoms with Crippen molar-refractivity contribution in [1.82, 2.24) is 4.90 Å². The third-order valence-corrected chi connectivity index (χ3v) is 5.09. The van der Waals surface area contributed by atoms with Gasteiger partial charge in [0.25, 0.3) is 5.91 Å². The number of nitrogens with zero attached hydrogens (tertiary/aromatic N) is 2. The van der Waals surface area contributed by atoms with E-state index in [-0.39, 0.29) is 11.7 Å². The number of halogens is 2. The SMILES string of the molecule is CCN=C1S/C(=C\c2cc(Br)c(O)c(Br)c2)C(=O)N1CC. The van der Waals surface area contributed by atoms with Crippen LogP contribution in [0.2, 0.25) is 0 Å². The number of phenolic OH excluding ortho intramolecular Hbond substituents is 1. The fourth-order valence-corrected chi connectivity index (χ4v) is 4.19. The predicted octanol–water partition coefficient (Wildman–Crippen LogP) is 4.23. The number of aromatic hydroxyl groups is 1. The Morgan fingerprint density at radius 2 is 1.95 bits per heavy atom. The van der Waals surface area contributed by atoms with Crippen LogP contribution in [0.5, 0.6) is 5.75 Å². The molecule has 4 nitrogen and oxygen atoms in total. The summed E-state index contributed by atoms with van der Waals surface area (Å²) in [7, 11) is 0. The second kappa shape index (κ2) is 6.98. The van der Waals surface area contributed by atoms with E-state index < -0.39 is 0 Å². The van der Waals surface area contributed by atoms with Crippen molar-refractivity contribution in [3.63, 3.8) is 0 Å². The zero-order valence-corrected chi connectivity index (χ0v) is 15.5. The predicted molar refractivity (Wildman–Crippen MR) is 94.4 cm³/mol. The van der Waals surface area contributed by atoms with Crippen LogP contribution in [0.4, 0.5) is 0 Å². The Morgan fingerprint density at radius 3 is 2.48 bits per heavy atom. The third kappa shape index (κ3) is 3.52. The lowest BCUT2D eigenvalue weighted by molar-refractivity contribution is -0.122. The van der Waals surface area contributed by atoms with Crippen molar-refractivity contribution in [3.8, 4) is 5.75 Å². The van der Waals surface area contributed by atoms with Crippen molar-refractivity contribution < 1.29 is 9.90 Å². The minimum atomic E-state index is -0.0324. The first-order chi connectivity index (χ1) is 9.97. The lowest BCUT2D eigenvalue weighted by Crippen LogP contribution is -2.28. The van der Waals surface area contributed by atoms with E-state index in [0.29, 0.717) is 26.9 Å². The van der Waals surface area contributed by atoms with E-state index in [9.17, 15) is 9.90 Å². The van der Waals surface area contributed by atoms with Gasteiger partial charge >= 0.3 is 0 Å². The Labute approximate surface area is 144 Å². The van der Waals surface area contributed by atoms with Crippen LogP contribution in [0, 0.1) is 0 Å². The van der Waals surface area contributed by atoms with Gasteiger partial charge in [0.2, 0.25) is 0 Å². The molecule has 1 amide bonds. The highest BCUT2D eigenvalue weighted by atomic mass is 79.9. The molecule has 1 aromatic carbocycles. The molecule has 0 aliphatic carbocycles. The zero-order chi connectivity index (χ0) is 15.6. The summed E-state index contributed by atoms with van der Waals surface area (Å²) in [6, 6.07) is 3.54. The second-order valence-electron chi connectivity index (χ2n) is 4.25. The maximum absolute atomic E-state index is 12.3. The topological polar surface area (TPSA) is 52.9 Å². The van der Waals surface area contributed by atoms with Crippen LogP contribution in [0.15, 0.2) is 31.0 Å². The molecule has 1 fully saturated rings. The maximum atomic E-state index is 12.3. The van der Waals surface area contributed by atoms with Gasteiger partial charge in [-0.15, -0.1) is 0 Å². The smallest absolute Gasteiger partial charge is 0.266 e. The number of carbonyl (C=O) groups excluding carboxylic acids is 1. The monoisotopic (exact) mass is 432 g/mol. The second-order valence-corrected chi connectivity index (χ2v) is 6.97. The van der Waals surface area contributed by atoms with Gasteiger partial charge in [-0.1, -0.05) is 0 Å². The molecule has 2 rings (SSSR count). The van der Waals surface area contributed by atoms with Crippen molar-refractivity contribution in [3.05, 3.63) is 31.5 Å². The normalized spacial score (nSPS) is 19.0. The summed E-state index contributed by atoms with van der Waals surface area (Å²) < 4.78 is 1.16. The minimum absolute atomic E-state index is 0.0324. The number of rotatable bonds is 3. The van der Waals surface area contributed by atoms with Gasteiger partial charge in [0, 0.05) is 13.1 Å². The molecule has 112 valence electrons. The Balaban J connectivity index is 2.38. The Kier molecular flexibility index (Phi) is 5.51. The number of hydrogen-bond acceptors (Lipinski definition) is 4. The standard InChI is InChI=1S/C14H14Br2N2O2S/c1-3-17-14-18(4-2)13(20)11(21-14)7-8-5-9(15)12(19)10(16)6-8/h5-7,19H,3-4H2,1-2H3/b11-7-,17-14?. The molecule has 0 spiro atoms. The molecule has 7 heteroatoms. The molecule has 0 saturated carbocycles. The fraction of sp³-hybridized carbons (Fsp3) is 0.286. The van der Waals surface area contributed by atoms with Gasteiger partial charge in [-0.05, 0) is 81.2 Å². The summed E-state index contributed by atoms with van der Waals surface area (Å²) in [4.78, 5) is 19.0. The van der Waals surface area contributed by atoms with Crippen molar-refractivity contribution >= 4 is 60.8 Å². The van der Waals surface area contributed by atoms with Crippen LogP contribution in [-0.4, -0.2) is 34.2 Å². The molecule has 0 bridgehead atoms. The lowest BCUT2D eigenvalue weighted by Gasteiger charge is -2.11. The molecular formula is C14H14Br2N2O2S. The van der Waals surface area contributed by atoms with E-state index in [1.807, 2.05) is 19.9 Å². The van der Waals surface area contributed by atoms with E-state index in [0.717, 1.165) is 10.7 Å². The Bertz CT molecular complexity index is 621. The number of likely N-dealkylation sites (N-methyl/N-ethyl adjacent to an activating group) is 1. The lowest BCUT2D eigenvalue weighted by atomic mass is 10.2. The molecule has 0 aromatic heterocycles. The zero-order valence-electron chi connectivity index (χ0n) is 11.6. The van der Waals surface area contributed by atoms with Gasteiger partial charge in [-0.3, -0.25) is 14.7 Å². The number of hydrogen-bond donors (Lipinski definition) is 1. The highest BCUT2D eigenvalue weighted by Crippen LogP contribution is 2.36. The summed E-state index contributed by atoms with van der Waals surface area (Å²) in [6.45, 7) is 5.13.